The molecule has 2 N–H and O–H groups in total. The van der Waals surface area contributed by atoms with E-state index in [9.17, 15) is 9.50 Å². The smallest absolute Gasteiger partial charge is 0.126 e. The Labute approximate surface area is 111 Å². The molecule has 0 fully saturated rings. The molecule has 0 amide bonds. The average Bonchev–Trinajstić information content (AvgIpc) is 2.79. The number of hydrogen-bond donors (Lipinski definition) is 2. The van der Waals surface area contributed by atoms with Crippen LogP contribution in [-0.2, 0) is 6.42 Å². The molecule has 1 atom stereocenters. The van der Waals surface area contributed by atoms with E-state index in [1.807, 2.05) is 25.1 Å². The quantitative estimate of drug-likeness (QED) is 0.854. The van der Waals surface area contributed by atoms with Crippen molar-refractivity contribution in [3.63, 3.8) is 0 Å². The van der Waals surface area contributed by atoms with Gasteiger partial charge in [0.1, 0.15) is 11.6 Å². The highest BCUT2D eigenvalue weighted by Gasteiger charge is 2.24. The molecule has 1 aliphatic carbocycles. The van der Waals surface area contributed by atoms with Crippen LogP contribution in [-0.4, -0.2) is 5.11 Å². The van der Waals surface area contributed by atoms with Crippen molar-refractivity contribution in [2.45, 2.75) is 25.8 Å². The van der Waals surface area contributed by atoms with Crippen LogP contribution in [0.3, 0.4) is 0 Å². The van der Waals surface area contributed by atoms with E-state index >= 15 is 0 Å². The molecule has 0 saturated carbocycles. The minimum atomic E-state index is -0.117. The van der Waals surface area contributed by atoms with Gasteiger partial charge in [-0.2, -0.15) is 0 Å². The zero-order valence-electron chi connectivity index (χ0n) is 10.8. The van der Waals surface area contributed by atoms with Crippen molar-refractivity contribution in [2.24, 2.45) is 0 Å². The van der Waals surface area contributed by atoms with Gasteiger partial charge in [0.25, 0.3) is 0 Å². The lowest BCUT2D eigenvalue weighted by Gasteiger charge is -2.16. The van der Waals surface area contributed by atoms with E-state index in [0.29, 0.717) is 0 Å². The minimum Gasteiger partial charge on any atom is -0.508 e. The van der Waals surface area contributed by atoms with Crippen molar-refractivity contribution >= 4 is 5.69 Å². The molecule has 0 aliphatic heterocycles. The highest BCUT2D eigenvalue weighted by atomic mass is 19.1. The molecule has 1 aliphatic rings. The summed E-state index contributed by atoms with van der Waals surface area (Å²) >= 11 is 0. The van der Waals surface area contributed by atoms with Gasteiger partial charge in [-0.05, 0) is 48.6 Å². The second-order valence-corrected chi connectivity index (χ2v) is 5.04. The van der Waals surface area contributed by atoms with E-state index in [1.54, 1.807) is 12.1 Å². The Bertz CT molecular complexity index is 624. The molecule has 19 heavy (non-hydrogen) atoms. The topological polar surface area (TPSA) is 32.3 Å². The van der Waals surface area contributed by atoms with Gasteiger partial charge in [0.2, 0.25) is 0 Å². The maximum Gasteiger partial charge on any atom is 0.126 e. The molecule has 3 rings (SSSR count). The first-order chi connectivity index (χ1) is 9.15. The lowest BCUT2D eigenvalue weighted by molar-refractivity contribution is 0.471. The summed E-state index contributed by atoms with van der Waals surface area (Å²) in [7, 11) is 0. The van der Waals surface area contributed by atoms with Gasteiger partial charge >= 0.3 is 0 Å². The molecule has 2 aromatic carbocycles. The van der Waals surface area contributed by atoms with E-state index in [1.165, 1.54) is 6.07 Å². The highest BCUT2D eigenvalue weighted by molar-refractivity contribution is 5.53. The van der Waals surface area contributed by atoms with Crippen LogP contribution in [0.2, 0.25) is 0 Å². The van der Waals surface area contributed by atoms with Crippen molar-refractivity contribution in [3.05, 3.63) is 58.9 Å². The fourth-order valence-corrected chi connectivity index (χ4v) is 2.66. The zero-order chi connectivity index (χ0) is 13.4. The van der Waals surface area contributed by atoms with Gasteiger partial charge in [-0.25, -0.2) is 4.39 Å². The monoisotopic (exact) mass is 257 g/mol. The summed E-state index contributed by atoms with van der Waals surface area (Å²) in [6.07, 6.45) is 1.64. The summed E-state index contributed by atoms with van der Waals surface area (Å²) in [4.78, 5) is 0. The molecule has 3 heteroatoms. The number of phenolic OH excluding ortho intramolecular Hbond substituents is 1. The Kier molecular flexibility index (Phi) is 2.90. The van der Waals surface area contributed by atoms with Gasteiger partial charge in [-0.3, -0.25) is 0 Å². The third kappa shape index (κ3) is 2.16. The third-order valence-electron chi connectivity index (χ3n) is 3.76. The SMILES string of the molecule is Cc1ccc(NC2CCc3c(F)cccc32)cc1O. The number of nitrogens with one attached hydrogen (secondary N) is 1. The van der Waals surface area contributed by atoms with Crippen LogP contribution >= 0.6 is 0 Å². The lowest BCUT2D eigenvalue weighted by Crippen LogP contribution is -2.07. The summed E-state index contributed by atoms with van der Waals surface area (Å²) in [6.45, 7) is 1.86. The summed E-state index contributed by atoms with van der Waals surface area (Å²) in [5.74, 6) is 0.163. The van der Waals surface area contributed by atoms with Crippen molar-refractivity contribution in [3.8, 4) is 5.75 Å². The Balaban J connectivity index is 1.86. The third-order valence-corrected chi connectivity index (χ3v) is 3.76. The average molecular weight is 257 g/mol. The van der Waals surface area contributed by atoms with Gasteiger partial charge in [0, 0.05) is 11.8 Å². The van der Waals surface area contributed by atoms with Crippen molar-refractivity contribution < 1.29 is 9.50 Å². The molecule has 98 valence electrons. The number of anilines is 1. The maximum absolute atomic E-state index is 13.7. The number of halogens is 1. The molecule has 1 unspecified atom stereocenters. The molecule has 0 radical (unpaired) electrons. The maximum atomic E-state index is 13.7. The first kappa shape index (κ1) is 12.0. The summed E-state index contributed by atoms with van der Waals surface area (Å²) < 4.78 is 13.7. The first-order valence-electron chi connectivity index (χ1n) is 6.48. The van der Waals surface area contributed by atoms with E-state index in [2.05, 4.69) is 5.32 Å². The predicted octanol–water partition coefficient (Wildman–Crippen LogP) is 3.94. The van der Waals surface area contributed by atoms with Gasteiger partial charge in [0.15, 0.2) is 0 Å². The van der Waals surface area contributed by atoms with Gasteiger partial charge in [-0.15, -0.1) is 0 Å². The second-order valence-electron chi connectivity index (χ2n) is 5.04. The van der Waals surface area contributed by atoms with Crippen molar-refractivity contribution in [2.75, 3.05) is 5.32 Å². The number of phenols is 1. The highest BCUT2D eigenvalue weighted by Crippen LogP contribution is 2.35. The molecular weight excluding hydrogens is 241 g/mol. The molecule has 0 aromatic heterocycles. The largest absolute Gasteiger partial charge is 0.508 e. The standard InChI is InChI=1S/C16H16FNO/c1-10-5-6-11(9-16(10)19)18-15-8-7-12-13(15)3-2-4-14(12)17/h2-6,9,15,18-19H,7-8H2,1H3. The predicted molar refractivity (Wildman–Crippen MR) is 73.9 cm³/mol. The number of aryl methyl sites for hydroxylation is 1. The zero-order valence-corrected chi connectivity index (χ0v) is 10.8. The molecular formula is C16H16FNO. The minimum absolute atomic E-state index is 0.117. The Hall–Kier alpha value is -2.03. The summed E-state index contributed by atoms with van der Waals surface area (Å²) in [6, 6.07) is 10.9. The molecule has 0 bridgehead atoms. The van der Waals surface area contributed by atoms with Crippen LogP contribution in [0.4, 0.5) is 10.1 Å². The van der Waals surface area contributed by atoms with Crippen LogP contribution in [0.1, 0.15) is 29.2 Å². The molecule has 0 saturated heterocycles. The number of benzene rings is 2. The number of fused-ring (bicyclic) bond motifs is 1. The second kappa shape index (κ2) is 4.57. The first-order valence-corrected chi connectivity index (χ1v) is 6.48. The fraction of sp³-hybridized carbons (Fsp3) is 0.250. The molecule has 2 aromatic rings. The number of aromatic hydroxyl groups is 1. The molecule has 0 spiro atoms. The van der Waals surface area contributed by atoms with Crippen molar-refractivity contribution in [1.82, 2.24) is 0 Å². The lowest BCUT2D eigenvalue weighted by atomic mass is 10.1. The summed E-state index contributed by atoms with van der Waals surface area (Å²) in [5, 5.41) is 13.1. The van der Waals surface area contributed by atoms with Crippen LogP contribution < -0.4 is 5.32 Å². The van der Waals surface area contributed by atoms with E-state index in [-0.39, 0.29) is 17.6 Å². The van der Waals surface area contributed by atoms with E-state index in [4.69, 9.17) is 0 Å². The van der Waals surface area contributed by atoms with Gasteiger partial charge in [0.05, 0.1) is 6.04 Å². The molecule has 2 nitrogen and oxygen atoms in total. The van der Waals surface area contributed by atoms with Crippen LogP contribution in [0.15, 0.2) is 36.4 Å². The van der Waals surface area contributed by atoms with E-state index < -0.39 is 0 Å². The van der Waals surface area contributed by atoms with Gasteiger partial charge in [-0.1, -0.05) is 18.2 Å². The Morgan fingerprint density at radius 2 is 2.11 bits per heavy atom. The van der Waals surface area contributed by atoms with Crippen LogP contribution in [0.5, 0.6) is 5.75 Å². The normalized spacial score (nSPS) is 17.3. The van der Waals surface area contributed by atoms with Crippen molar-refractivity contribution in [1.29, 1.82) is 0 Å². The van der Waals surface area contributed by atoms with Crippen LogP contribution in [0.25, 0.3) is 0 Å². The number of hydrogen-bond acceptors (Lipinski definition) is 2. The fourth-order valence-electron chi connectivity index (χ4n) is 2.66. The van der Waals surface area contributed by atoms with Crippen LogP contribution in [0, 0.1) is 12.7 Å². The van der Waals surface area contributed by atoms with E-state index in [0.717, 1.165) is 35.2 Å². The Morgan fingerprint density at radius 3 is 2.89 bits per heavy atom. The number of rotatable bonds is 2. The summed E-state index contributed by atoms with van der Waals surface area (Å²) in [5.41, 5.74) is 3.56. The van der Waals surface area contributed by atoms with Gasteiger partial charge < -0.3 is 10.4 Å². The molecule has 0 heterocycles. The Morgan fingerprint density at radius 1 is 1.26 bits per heavy atom.